The third-order valence-corrected chi connectivity index (χ3v) is 3.99. The lowest BCUT2D eigenvalue weighted by Crippen LogP contribution is -2.32. The molecule has 0 amide bonds. The number of methoxy groups -OCH3 is 1. The molecule has 0 aliphatic rings. The lowest BCUT2D eigenvalue weighted by atomic mass is 10.1. The Hall–Kier alpha value is -3.32. The van der Waals surface area contributed by atoms with Crippen LogP contribution in [0.15, 0.2) is 48.5 Å². The summed E-state index contributed by atoms with van der Waals surface area (Å²) in [7, 11) is 1.50. The predicted octanol–water partition coefficient (Wildman–Crippen LogP) is 2.65. The van der Waals surface area contributed by atoms with Crippen LogP contribution < -0.4 is 15.8 Å². The number of rotatable bonds is 6. The van der Waals surface area contributed by atoms with E-state index in [0.717, 1.165) is 16.6 Å². The zero-order valence-corrected chi connectivity index (χ0v) is 14.1. The summed E-state index contributed by atoms with van der Waals surface area (Å²) in [6, 6.07) is 13.4. The maximum Gasteiger partial charge on any atom is 0.320 e. The van der Waals surface area contributed by atoms with E-state index in [1.807, 2.05) is 36.4 Å². The molecule has 7 nitrogen and oxygen atoms in total. The van der Waals surface area contributed by atoms with Crippen LogP contribution in [0.5, 0.6) is 11.5 Å². The van der Waals surface area contributed by atoms with E-state index in [9.17, 15) is 9.90 Å². The topological polar surface area (TPSA) is 118 Å². The molecule has 1 aromatic heterocycles. The first kappa shape index (κ1) is 17.5. The highest BCUT2D eigenvalue weighted by Crippen LogP contribution is 2.31. The second kappa shape index (κ2) is 7.28. The molecular weight excluding hydrogens is 334 g/mol. The van der Waals surface area contributed by atoms with Crippen LogP contribution in [0.2, 0.25) is 0 Å². The van der Waals surface area contributed by atoms with Crippen LogP contribution in [0.4, 0.5) is 11.5 Å². The third kappa shape index (κ3) is 3.84. The Morgan fingerprint density at radius 1 is 1.23 bits per heavy atom. The fraction of sp³-hybridized carbons (Fsp3) is 0.158. The van der Waals surface area contributed by atoms with Crippen LogP contribution in [-0.4, -0.2) is 34.3 Å². The number of carboxylic acids is 1. The van der Waals surface area contributed by atoms with Gasteiger partial charge in [-0.2, -0.15) is 0 Å². The zero-order chi connectivity index (χ0) is 18.7. The number of aromatic nitrogens is 1. The van der Waals surface area contributed by atoms with Gasteiger partial charge in [0.05, 0.1) is 12.6 Å². The van der Waals surface area contributed by atoms with Gasteiger partial charge in [0, 0.05) is 17.1 Å². The molecule has 1 atom stereocenters. The molecular formula is C19H19N3O4. The van der Waals surface area contributed by atoms with Gasteiger partial charge in [-0.05, 0) is 42.3 Å². The average Bonchev–Trinajstić information content (AvgIpc) is 2.62. The van der Waals surface area contributed by atoms with Gasteiger partial charge in [0.2, 0.25) is 0 Å². The van der Waals surface area contributed by atoms with Crippen molar-refractivity contribution >= 4 is 28.4 Å². The van der Waals surface area contributed by atoms with E-state index < -0.39 is 12.0 Å². The Morgan fingerprint density at radius 2 is 1.96 bits per heavy atom. The average molecular weight is 353 g/mol. The van der Waals surface area contributed by atoms with Gasteiger partial charge >= 0.3 is 5.97 Å². The summed E-state index contributed by atoms with van der Waals surface area (Å²) in [5.41, 5.74) is 7.83. The number of ether oxygens (including phenoxy) is 1. The van der Waals surface area contributed by atoms with Crippen LogP contribution >= 0.6 is 0 Å². The number of hydrogen-bond acceptors (Lipinski definition) is 6. The number of carboxylic acid groups (broad SMARTS) is 1. The third-order valence-electron chi connectivity index (χ3n) is 3.99. The summed E-state index contributed by atoms with van der Waals surface area (Å²) in [6.45, 7) is 0. The molecule has 2 aromatic carbocycles. The Labute approximate surface area is 150 Å². The molecule has 0 fully saturated rings. The van der Waals surface area contributed by atoms with Crippen LogP contribution in [0, 0.1) is 0 Å². The number of phenols is 1. The minimum absolute atomic E-state index is 0.0313. The monoisotopic (exact) mass is 353 g/mol. The molecule has 134 valence electrons. The molecule has 0 saturated heterocycles. The molecule has 5 N–H and O–H groups in total. The smallest absolute Gasteiger partial charge is 0.320 e. The summed E-state index contributed by atoms with van der Waals surface area (Å²) >= 11 is 0. The van der Waals surface area contributed by atoms with Crippen molar-refractivity contribution in [2.75, 3.05) is 12.4 Å². The van der Waals surface area contributed by atoms with Gasteiger partial charge < -0.3 is 26.0 Å². The lowest BCUT2D eigenvalue weighted by Gasteiger charge is -2.10. The van der Waals surface area contributed by atoms with Gasteiger partial charge in [0.1, 0.15) is 11.9 Å². The van der Waals surface area contributed by atoms with Crippen molar-refractivity contribution in [2.24, 2.45) is 5.73 Å². The van der Waals surface area contributed by atoms with E-state index in [2.05, 4.69) is 10.3 Å². The maximum absolute atomic E-state index is 10.8. The Bertz CT molecular complexity index is 941. The molecule has 0 saturated carbocycles. The first-order valence-electron chi connectivity index (χ1n) is 7.98. The van der Waals surface area contributed by atoms with Crippen LogP contribution in [0.3, 0.4) is 0 Å². The highest BCUT2D eigenvalue weighted by Gasteiger charge is 2.12. The van der Waals surface area contributed by atoms with Crippen molar-refractivity contribution in [2.45, 2.75) is 12.5 Å². The molecule has 0 aliphatic carbocycles. The molecule has 3 aromatic rings. The lowest BCUT2D eigenvalue weighted by molar-refractivity contribution is -0.138. The molecule has 26 heavy (non-hydrogen) atoms. The van der Waals surface area contributed by atoms with Gasteiger partial charge in [-0.1, -0.05) is 12.1 Å². The van der Waals surface area contributed by atoms with E-state index in [4.69, 9.17) is 15.6 Å². The van der Waals surface area contributed by atoms with Gasteiger partial charge in [-0.15, -0.1) is 0 Å². The van der Waals surface area contributed by atoms with E-state index in [1.54, 1.807) is 12.1 Å². The molecule has 1 unspecified atom stereocenters. The van der Waals surface area contributed by atoms with Gasteiger partial charge in [0.25, 0.3) is 0 Å². The number of phenolic OH excluding ortho intramolecular Hbond substituents is 1. The zero-order valence-electron chi connectivity index (χ0n) is 14.1. The van der Waals surface area contributed by atoms with Crippen LogP contribution in [0.25, 0.3) is 10.9 Å². The highest BCUT2D eigenvalue weighted by molar-refractivity contribution is 5.84. The number of nitrogens with two attached hydrogens (primary N) is 1. The number of benzene rings is 2. The van der Waals surface area contributed by atoms with Crippen molar-refractivity contribution in [3.05, 3.63) is 54.1 Å². The Morgan fingerprint density at radius 3 is 2.62 bits per heavy atom. The second-order valence-electron chi connectivity index (χ2n) is 5.88. The van der Waals surface area contributed by atoms with E-state index in [0.29, 0.717) is 17.1 Å². The van der Waals surface area contributed by atoms with Gasteiger partial charge in [0.15, 0.2) is 11.5 Å². The van der Waals surface area contributed by atoms with E-state index in [1.165, 1.54) is 7.11 Å². The molecule has 0 bridgehead atoms. The summed E-state index contributed by atoms with van der Waals surface area (Å²) in [5, 5.41) is 22.8. The van der Waals surface area contributed by atoms with Gasteiger partial charge in [-0.3, -0.25) is 4.79 Å². The summed E-state index contributed by atoms with van der Waals surface area (Å²) in [6.07, 6.45) is 0.269. The first-order chi connectivity index (χ1) is 12.5. The number of aromatic hydroxyl groups is 1. The normalized spacial score (nSPS) is 11.9. The highest BCUT2D eigenvalue weighted by atomic mass is 16.5. The fourth-order valence-corrected chi connectivity index (χ4v) is 2.59. The number of nitrogens with zero attached hydrogens (tertiary/aromatic N) is 1. The van der Waals surface area contributed by atoms with E-state index in [-0.39, 0.29) is 12.2 Å². The van der Waals surface area contributed by atoms with Crippen molar-refractivity contribution < 1.29 is 19.7 Å². The number of nitrogens with one attached hydrogen (secondary N) is 1. The number of pyridine rings is 1. The number of anilines is 2. The molecule has 3 rings (SSSR count). The predicted molar refractivity (Wildman–Crippen MR) is 99.0 cm³/mol. The molecule has 0 spiro atoms. The summed E-state index contributed by atoms with van der Waals surface area (Å²) < 4.78 is 5.09. The number of hydrogen-bond donors (Lipinski definition) is 4. The largest absolute Gasteiger partial charge is 0.504 e. The van der Waals surface area contributed by atoms with Crippen molar-refractivity contribution in [1.82, 2.24) is 4.98 Å². The quantitative estimate of drug-likeness (QED) is 0.538. The molecule has 1 heterocycles. The van der Waals surface area contributed by atoms with Crippen LogP contribution in [-0.2, 0) is 11.2 Å². The van der Waals surface area contributed by atoms with Crippen LogP contribution in [0.1, 0.15) is 5.56 Å². The minimum atomic E-state index is -1.02. The molecule has 0 aliphatic heterocycles. The van der Waals surface area contributed by atoms with Crippen molar-refractivity contribution in [3.63, 3.8) is 0 Å². The van der Waals surface area contributed by atoms with Crippen molar-refractivity contribution in [1.29, 1.82) is 0 Å². The number of aliphatic carboxylic acids is 1. The Balaban J connectivity index is 1.77. The SMILES string of the molecule is COc1cc2ccc(Nc3ccc(CC(N)C(=O)O)cc3)nc2cc1O. The number of fused-ring (bicyclic) bond motifs is 1. The fourth-order valence-electron chi connectivity index (χ4n) is 2.59. The number of carbonyl (C=O) groups is 1. The van der Waals surface area contributed by atoms with Crippen molar-refractivity contribution in [3.8, 4) is 11.5 Å². The van der Waals surface area contributed by atoms with Gasteiger partial charge in [-0.25, -0.2) is 4.98 Å². The molecule has 0 radical (unpaired) electrons. The first-order valence-corrected chi connectivity index (χ1v) is 7.98. The van der Waals surface area contributed by atoms with E-state index >= 15 is 0 Å². The summed E-state index contributed by atoms with van der Waals surface area (Å²) in [5.74, 6) is 0.0310. The summed E-state index contributed by atoms with van der Waals surface area (Å²) in [4.78, 5) is 15.3. The standard InChI is InChI=1S/C19H19N3O4/c1-26-17-9-12-4-7-18(22-15(12)10-16(17)23)21-13-5-2-11(3-6-13)8-14(20)19(24)25/h2-7,9-10,14,23H,8,20H2,1H3,(H,21,22)(H,24,25). The maximum atomic E-state index is 10.8. The second-order valence-corrected chi connectivity index (χ2v) is 5.88. The molecule has 7 heteroatoms. The Kier molecular flexibility index (Phi) is 4.90. The minimum Gasteiger partial charge on any atom is -0.504 e.